The van der Waals surface area contributed by atoms with Crippen LogP contribution in [0.1, 0.15) is 58.4 Å². The third kappa shape index (κ3) is 10.4. The van der Waals surface area contributed by atoms with Crippen molar-refractivity contribution in [3.05, 3.63) is 47.1 Å². The molecule has 0 bridgehead atoms. The topological polar surface area (TPSA) is 84.9 Å². The highest BCUT2D eigenvalue weighted by Gasteiger charge is 2.09. The van der Waals surface area contributed by atoms with E-state index >= 15 is 0 Å². The number of hydrogen-bond acceptors (Lipinski definition) is 5. The van der Waals surface area contributed by atoms with Gasteiger partial charge in [-0.3, -0.25) is 9.59 Å². The van der Waals surface area contributed by atoms with Gasteiger partial charge in [-0.05, 0) is 57.2 Å². The number of amides is 1. The molecule has 0 saturated heterocycles. The molecule has 0 aromatic heterocycles. The molecule has 0 aliphatic carbocycles. The lowest BCUT2D eigenvalue weighted by atomic mass is 10.1. The van der Waals surface area contributed by atoms with Gasteiger partial charge in [-0.2, -0.15) is 0 Å². The standard InChI is InChI=1S/C23H33NO5/c1-5-7-17(2)8-6-9-18(3)10-13-23(27)29-16-22(26)24-15-19-11-12-20(25)21(14-19)28-4/h7,9,11-12,14,25H,5-6,8,10,13,15-16H2,1-4H3,(H,24,26)/b17-7+,18-9+. The Morgan fingerprint density at radius 2 is 1.83 bits per heavy atom. The number of allylic oxidation sites excluding steroid dienone is 4. The zero-order valence-electron chi connectivity index (χ0n) is 17.9. The molecule has 2 N–H and O–H groups in total. The van der Waals surface area contributed by atoms with Crippen LogP contribution in [0.25, 0.3) is 0 Å². The summed E-state index contributed by atoms with van der Waals surface area (Å²) in [5.41, 5.74) is 3.30. The maximum atomic E-state index is 11.9. The van der Waals surface area contributed by atoms with E-state index in [0.29, 0.717) is 12.2 Å². The lowest BCUT2D eigenvalue weighted by Crippen LogP contribution is -2.28. The van der Waals surface area contributed by atoms with Crippen LogP contribution >= 0.6 is 0 Å². The van der Waals surface area contributed by atoms with Gasteiger partial charge in [-0.1, -0.05) is 36.3 Å². The summed E-state index contributed by atoms with van der Waals surface area (Å²) in [6, 6.07) is 4.81. The molecule has 1 rings (SSSR count). The highest BCUT2D eigenvalue weighted by atomic mass is 16.5. The van der Waals surface area contributed by atoms with E-state index in [1.807, 2.05) is 6.92 Å². The minimum atomic E-state index is -0.388. The van der Waals surface area contributed by atoms with Crippen molar-refractivity contribution >= 4 is 11.9 Å². The Morgan fingerprint density at radius 3 is 2.52 bits per heavy atom. The van der Waals surface area contributed by atoms with Crippen LogP contribution in [-0.4, -0.2) is 30.7 Å². The first kappa shape index (κ1) is 24.3. The number of esters is 1. The molecule has 6 heteroatoms. The largest absolute Gasteiger partial charge is 0.504 e. The normalized spacial score (nSPS) is 11.9. The van der Waals surface area contributed by atoms with Crippen molar-refractivity contribution in [1.82, 2.24) is 5.32 Å². The molecule has 160 valence electrons. The lowest BCUT2D eigenvalue weighted by Gasteiger charge is -2.09. The zero-order chi connectivity index (χ0) is 21.6. The van der Waals surface area contributed by atoms with Crippen molar-refractivity contribution < 1.29 is 24.2 Å². The summed E-state index contributed by atoms with van der Waals surface area (Å²) in [6.45, 7) is 6.21. The Labute approximate surface area is 173 Å². The van der Waals surface area contributed by atoms with Crippen LogP contribution in [-0.2, 0) is 20.9 Å². The number of methoxy groups -OCH3 is 1. The van der Waals surface area contributed by atoms with Gasteiger partial charge in [0.1, 0.15) is 0 Å². The molecular formula is C23H33NO5. The molecule has 0 aliphatic rings. The number of phenolic OH excluding ortho intramolecular Hbond substituents is 1. The Hall–Kier alpha value is -2.76. The lowest BCUT2D eigenvalue weighted by molar-refractivity contribution is -0.148. The second-order valence-electron chi connectivity index (χ2n) is 6.99. The van der Waals surface area contributed by atoms with Gasteiger partial charge in [-0.15, -0.1) is 0 Å². The maximum absolute atomic E-state index is 11.9. The number of hydrogen-bond donors (Lipinski definition) is 2. The van der Waals surface area contributed by atoms with E-state index in [4.69, 9.17) is 9.47 Å². The molecule has 0 fully saturated rings. The number of carbonyl (C=O) groups is 2. The average Bonchev–Trinajstić information content (AvgIpc) is 2.70. The molecule has 1 amide bonds. The van der Waals surface area contributed by atoms with Gasteiger partial charge in [-0.25, -0.2) is 0 Å². The van der Waals surface area contributed by atoms with Gasteiger partial charge >= 0.3 is 5.97 Å². The summed E-state index contributed by atoms with van der Waals surface area (Å²) in [5, 5.41) is 12.2. The highest BCUT2D eigenvalue weighted by Crippen LogP contribution is 2.26. The predicted molar refractivity (Wildman–Crippen MR) is 114 cm³/mol. The van der Waals surface area contributed by atoms with Crippen molar-refractivity contribution in [3.8, 4) is 11.5 Å². The van der Waals surface area contributed by atoms with E-state index in [9.17, 15) is 14.7 Å². The van der Waals surface area contributed by atoms with Crippen LogP contribution < -0.4 is 10.1 Å². The van der Waals surface area contributed by atoms with Crippen molar-refractivity contribution in [3.63, 3.8) is 0 Å². The van der Waals surface area contributed by atoms with Crippen LogP contribution in [0.15, 0.2) is 41.5 Å². The van der Waals surface area contributed by atoms with Crippen molar-refractivity contribution in [2.75, 3.05) is 13.7 Å². The Bertz CT molecular complexity index is 737. The Balaban J connectivity index is 2.26. The van der Waals surface area contributed by atoms with Crippen molar-refractivity contribution in [2.45, 2.75) is 59.4 Å². The second kappa shape index (κ2) is 13.4. The monoisotopic (exact) mass is 403 g/mol. The summed E-state index contributed by atoms with van der Waals surface area (Å²) in [4.78, 5) is 23.7. The number of benzene rings is 1. The number of nitrogens with one attached hydrogen (secondary N) is 1. The van der Waals surface area contributed by atoms with E-state index < -0.39 is 0 Å². The molecule has 6 nitrogen and oxygen atoms in total. The number of ether oxygens (including phenoxy) is 2. The smallest absolute Gasteiger partial charge is 0.306 e. The summed E-state index contributed by atoms with van der Waals surface area (Å²) >= 11 is 0. The minimum Gasteiger partial charge on any atom is -0.504 e. The fourth-order valence-electron chi connectivity index (χ4n) is 2.70. The van der Waals surface area contributed by atoms with Crippen LogP contribution in [0.2, 0.25) is 0 Å². The SMILES string of the molecule is CC/C=C(\C)CC/C=C(\C)CCC(=O)OCC(=O)NCc1ccc(O)c(OC)c1. The molecule has 0 radical (unpaired) electrons. The number of aromatic hydroxyl groups is 1. The molecule has 0 spiro atoms. The fourth-order valence-corrected chi connectivity index (χ4v) is 2.70. The van der Waals surface area contributed by atoms with Gasteiger partial charge in [0, 0.05) is 13.0 Å². The van der Waals surface area contributed by atoms with Gasteiger partial charge in [0.2, 0.25) is 0 Å². The van der Waals surface area contributed by atoms with Crippen LogP contribution in [0.3, 0.4) is 0 Å². The molecule has 0 atom stereocenters. The predicted octanol–water partition coefficient (Wildman–Crippen LogP) is 4.42. The number of phenols is 1. The molecule has 0 unspecified atom stereocenters. The first-order valence-electron chi connectivity index (χ1n) is 9.95. The third-order valence-electron chi connectivity index (χ3n) is 4.41. The first-order chi connectivity index (χ1) is 13.8. The van der Waals surface area contributed by atoms with Crippen LogP contribution in [0.4, 0.5) is 0 Å². The van der Waals surface area contributed by atoms with E-state index in [-0.39, 0.29) is 37.2 Å². The van der Waals surface area contributed by atoms with Crippen molar-refractivity contribution in [2.24, 2.45) is 0 Å². The minimum absolute atomic E-state index is 0.0356. The van der Waals surface area contributed by atoms with E-state index in [1.165, 1.54) is 18.7 Å². The van der Waals surface area contributed by atoms with Gasteiger partial charge in [0.05, 0.1) is 7.11 Å². The molecule has 0 saturated carbocycles. The number of rotatable bonds is 12. The maximum Gasteiger partial charge on any atom is 0.306 e. The Morgan fingerprint density at radius 1 is 1.10 bits per heavy atom. The summed E-state index contributed by atoms with van der Waals surface area (Å²) in [6.07, 6.45) is 8.31. The fraction of sp³-hybridized carbons (Fsp3) is 0.478. The molecule has 0 heterocycles. The average molecular weight is 404 g/mol. The van der Waals surface area contributed by atoms with Crippen LogP contribution in [0, 0.1) is 0 Å². The van der Waals surface area contributed by atoms with E-state index in [0.717, 1.165) is 30.4 Å². The van der Waals surface area contributed by atoms with Gasteiger partial charge in [0.25, 0.3) is 5.91 Å². The summed E-state index contributed by atoms with van der Waals surface area (Å²) in [7, 11) is 1.46. The molecule has 1 aromatic carbocycles. The van der Waals surface area contributed by atoms with E-state index in [1.54, 1.807) is 12.1 Å². The molecular weight excluding hydrogens is 370 g/mol. The highest BCUT2D eigenvalue weighted by molar-refractivity contribution is 5.80. The molecule has 29 heavy (non-hydrogen) atoms. The summed E-state index contributed by atoms with van der Waals surface area (Å²) < 4.78 is 10.1. The van der Waals surface area contributed by atoms with Gasteiger partial charge in [0.15, 0.2) is 18.1 Å². The van der Waals surface area contributed by atoms with E-state index in [2.05, 4.69) is 31.3 Å². The third-order valence-corrected chi connectivity index (χ3v) is 4.41. The zero-order valence-corrected chi connectivity index (χ0v) is 17.9. The summed E-state index contributed by atoms with van der Waals surface area (Å²) in [5.74, 6) is -0.395. The van der Waals surface area contributed by atoms with Crippen molar-refractivity contribution in [1.29, 1.82) is 0 Å². The van der Waals surface area contributed by atoms with Gasteiger partial charge < -0.3 is 19.9 Å². The first-order valence-corrected chi connectivity index (χ1v) is 9.95. The number of carbonyl (C=O) groups excluding carboxylic acids is 2. The quantitative estimate of drug-likeness (QED) is 0.398. The molecule has 1 aromatic rings. The van der Waals surface area contributed by atoms with Crippen LogP contribution in [0.5, 0.6) is 11.5 Å². The molecule has 0 aliphatic heterocycles. The Kier molecular flexibility index (Phi) is 11.2. The second-order valence-corrected chi connectivity index (χ2v) is 6.99.